The average molecular weight is 234 g/mol. The largest absolute Gasteiger partial charge is 0.294 e. The van der Waals surface area contributed by atoms with Crippen molar-refractivity contribution in [3.63, 3.8) is 0 Å². The van der Waals surface area contributed by atoms with Gasteiger partial charge in [-0.2, -0.15) is 0 Å². The van der Waals surface area contributed by atoms with Crippen molar-refractivity contribution in [2.24, 2.45) is 11.3 Å². The Hall–Kier alpha value is -1.18. The Bertz CT molecular complexity index is 423. The predicted octanol–water partition coefficient (Wildman–Crippen LogP) is 4.22. The van der Waals surface area contributed by atoms with Gasteiger partial charge in [0.2, 0.25) is 0 Å². The number of ketones is 1. The van der Waals surface area contributed by atoms with Crippen LogP contribution in [-0.2, 0) is 0 Å². The van der Waals surface area contributed by atoms with E-state index in [4.69, 9.17) is 0 Å². The van der Waals surface area contributed by atoms with Crippen LogP contribution in [0, 0.1) is 17.2 Å². The van der Waals surface area contributed by atoms with Crippen molar-refractivity contribution in [2.75, 3.05) is 0 Å². The summed E-state index contributed by atoms with van der Waals surface area (Å²) in [7, 11) is 0. The van der Waals surface area contributed by atoms with Gasteiger partial charge in [0.1, 0.15) is 5.82 Å². The van der Waals surface area contributed by atoms with Crippen molar-refractivity contribution in [3.8, 4) is 0 Å². The van der Waals surface area contributed by atoms with Crippen LogP contribution >= 0.6 is 0 Å². The van der Waals surface area contributed by atoms with Crippen molar-refractivity contribution in [1.29, 1.82) is 0 Å². The Morgan fingerprint density at radius 1 is 1.35 bits per heavy atom. The van der Waals surface area contributed by atoms with Crippen LogP contribution in [0.15, 0.2) is 24.3 Å². The number of Topliss-reactive ketones (excluding diaryl/α,β-unsaturated/α-hetero) is 1. The predicted molar refractivity (Wildman–Crippen MR) is 66.5 cm³/mol. The first-order valence-electron chi connectivity index (χ1n) is 6.30. The topological polar surface area (TPSA) is 17.1 Å². The van der Waals surface area contributed by atoms with Gasteiger partial charge in [-0.1, -0.05) is 38.8 Å². The van der Waals surface area contributed by atoms with Gasteiger partial charge >= 0.3 is 0 Å². The van der Waals surface area contributed by atoms with Crippen molar-refractivity contribution in [1.82, 2.24) is 0 Å². The highest BCUT2D eigenvalue weighted by Crippen LogP contribution is 2.42. The zero-order valence-electron chi connectivity index (χ0n) is 10.5. The number of halogens is 1. The second kappa shape index (κ2) is 4.59. The molecule has 1 aromatic rings. The van der Waals surface area contributed by atoms with E-state index in [1.54, 1.807) is 12.1 Å². The molecule has 1 aromatic carbocycles. The molecule has 0 heterocycles. The van der Waals surface area contributed by atoms with Crippen LogP contribution < -0.4 is 0 Å². The molecule has 0 bridgehead atoms. The van der Waals surface area contributed by atoms with E-state index in [9.17, 15) is 9.18 Å². The van der Waals surface area contributed by atoms with E-state index in [1.807, 2.05) is 0 Å². The van der Waals surface area contributed by atoms with Gasteiger partial charge in [0, 0.05) is 11.5 Å². The fraction of sp³-hybridized carbons (Fsp3) is 0.533. The van der Waals surface area contributed by atoms with Gasteiger partial charge in [-0.15, -0.1) is 0 Å². The van der Waals surface area contributed by atoms with Gasteiger partial charge in [0.05, 0.1) is 0 Å². The van der Waals surface area contributed by atoms with Crippen molar-refractivity contribution in [2.45, 2.75) is 39.5 Å². The summed E-state index contributed by atoms with van der Waals surface area (Å²) >= 11 is 0. The lowest BCUT2D eigenvalue weighted by atomic mass is 9.66. The molecule has 0 spiro atoms. The van der Waals surface area contributed by atoms with E-state index < -0.39 is 0 Å². The van der Waals surface area contributed by atoms with Crippen LogP contribution in [0.2, 0.25) is 0 Å². The van der Waals surface area contributed by atoms with Gasteiger partial charge < -0.3 is 0 Å². The summed E-state index contributed by atoms with van der Waals surface area (Å²) in [6, 6.07) is 6.06. The third kappa shape index (κ3) is 2.56. The molecule has 2 rings (SSSR count). The quantitative estimate of drug-likeness (QED) is 0.700. The highest BCUT2D eigenvalue weighted by Gasteiger charge is 2.37. The highest BCUT2D eigenvalue weighted by molar-refractivity contribution is 5.98. The van der Waals surface area contributed by atoms with E-state index >= 15 is 0 Å². The summed E-state index contributed by atoms with van der Waals surface area (Å²) in [4.78, 5) is 12.4. The molecule has 17 heavy (non-hydrogen) atoms. The minimum atomic E-state index is -0.329. The summed E-state index contributed by atoms with van der Waals surface area (Å²) in [5.74, 6) is -0.184. The van der Waals surface area contributed by atoms with E-state index in [1.165, 1.54) is 18.6 Å². The summed E-state index contributed by atoms with van der Waals surface area (Å²) in [5.41, 5.74) is 0.562. The molecule has 0 aromatic heterocycles. The second-order valence-corrected chi connectivity index (χ2v) is 5.66. The van der Waals surface area contributed by atoms with Crippen LogP contribution in [0.4, 0.5) is 4.39 Å². The number of benzene rings is 1. The minimum absolute atomic E-state index is 0.0399. The zero-order chi connectivity index (χ0) is 12.5. The van der Waals surface area contributed by atoms with Gasteiger partial charge in [-0.25, -0.2) is 4.39 Å². The molecule has 1 aliphatic rings. The molecular weight excluding hydrogens is 215 g/mol. The molecule has 1 fully saturated rings. The van der Waals surface area contributed by atoms with Gasteiger partial charge in [-0.05, 0) is 30.4 Å². The lowest BCUT2D eigenvalue weighted by Crippen LogP contribution is -2.34. The zero-order valence-corrected chi connectivity index (χ0v) is 10.5. The Morgan fingerprint density at radius 2 is 2.12 bits per heavy atom. The Labute approximate surface area is 102 Å². The van der Waals surface area contributed by atoms with E-state index in [-0.39, 0.29) is 22.9 Å². The molecular formula is C15H19FO. The van der Waals surface area contributed by atoms with Crippen LogP contribution in [0.5, 0.6) is 0 Å². The highest BCUT2D eigenvalue weighted by atomic mass is 19.1. The summed E-state index contributed by atoms with van der Waals surface area (Å²) in [6.07, 6.45) is 4.32. The number of rotatable bonds is 2. The maximum atomic E-state index is 13.1. The average Bonchev–Trinajstić information content (AvgIpc) is 2.27. The molecule has 0 aliphatic heterocycles. The molecule has 0 radical (unpaired) electrons. The van der Waals surface area contributed by atoms with Gasteiger partial charge in [0.15, 0.2) is 5.78 Å². The summed E-state index contributed by atoms with van der Waals surface area (Å²) in [6.45, 7) is 4.29. The fourth-order valence-corrected chi connectivity index (χ4v) is 2.82. The third-order valence-electron chi connectivity index (χ3n) is 3.93. The number of hydrogen-bond acceptors (Lipinski definition) is 1. The molecule has 2 heteroatoms. The van der Waals surface area contributed by atoms with Gasteiger partial charge in [-0.3, -0.25) is 4.79 Å². The molecule has 1 nitrogen and oxygen atoms in total. The first kappa shape index (κ1) is 12.3. The van der Waals surface area contributed by atoms with Crippen LogP contribution in [-0.4, -0.2) is 5.78 Å². The first-order valence-corrected chi connectivity index (χ1v) is 6.30. The Balaban J connectivity index is 2.25. The molecule has 92 valence electrons. The van der Waals surface area contributed by atoms with Crippen molar-refractivity contribution in [3.05, 3.63) is 35.6 Å². The SMILES string of the molecule is CC1(C)CCCCC1C(=O)c1cccc(F)c1. The standard InChI is InChI=1S/C15H19FO/c1-15(2)9-4-3-8-13(15)14(17)11-6-5-7-12(16)10-11/h5-7,10,13H,3-4,8-9H2,1-2H3. The van der Waals surface area contributed by atoms with Crippen molar-refractivity contribution < 1.29 is 9.18 Å². The van der Waals surface area contributed by atoms with Crippen LogP contribution in [0.1, 0.15) is 49.9 Å². The van der Waals surface area contributed by atoms with Crippen LogP contribution in [0.3, 0.4) is 0 Å². The monoisotopic (exact) mass is 234 g/mol. The maximum absolute atomic E-state index is 13.1. The first-order chi connectivity index (χ1) is 8.00. The normalized spacial score (nSPS) is 23.4. The molecule has 0 N–H and O–H groups in total. The third-order valence-corrected chi connectivity index (χ3v) is 3.93. The molecule has 0 amide bonds. The Morgan fingerprint density at radius 3 is 2.76 bits per heavy atom. The Kier molecular flexibility index (Phi) is 3.32. The lowest BCUT2D eigenvalue weighted by Gasteiger charge is -2.37. The minimum Gasteiger partial charge on any atom is -0.294 e. The van der Waals surface area contributed by atoms with E-state index in [0.717, 1.165) is 19.3 Å². The van der Waals surface area contributed by atoms with E-state index in [2.05, 4.69) is 13.8 Å². The van der Waals surface area contributed by atoms with Crippen LogP contribution in [0.25, 0.3) is 0 Å². The second-order valence-electron chi connectivity index (χ2n) is 5.66. The summed E-state index contributed by atoms with van der Waals surface area (Å²) < 4.78 is 13.1. The molecule has 1 aliphatic carbocycles. The smallest absolute Gasteiger partial charge is 0.166 e. The molecule has 0 saturated heterocycles. The molecule has 1 unspecified atom stereocenters. The fourth-order valence-electron chi connectivity index (χ4n) is 2.82. The molecule has 1 atom stereocenters. The number of carbonyl (C=O) groups is 1. The lowest BCUT2D eigenvalue weighted by molar-refractivity contribution is 0.0697. The number of hydrogen-bond donors (Lipinski definition) is 0. The van der Waals surface area contributed by atoms with E-state index in [0.29, 0.717) is 5.56 Å². The maximum Gasteiger partial charge on any atom is 0.166 e. The van der Waals surface area contributed by atoms with Gasteiger partial charge in [0.25, 0.3) is 0 Å². The van der Waals surface area contributed by atoms with Crippen molar-refractivity contribution >= 4 is 5.78 Å². The molecule has 1 saturated carbocycles. The summed E-state index contributed by atoms with van der Waals surface area (Å²) in [5, 5.41) is 0. The number of carbonyl (C=O) groups excluding carboxylic acids is 1.